The minimum absolute atomic E-state index is 0.410. The minimum atomic E-state index is -0.898. The van der Waals surface area contributed by atoms with Crippen LogP contribution >= 0.6 is 11.6 Å². The van der Waals surface area contributed by atoms with Gasteiger partial charge in [-0.2, -0.15) is 5.10 Å². The molecule has 1 N–H and O–H groups in total. The van der Waals surface area contributed by atoms with E-state index in [1.807, 2.05) is 0 Å². The molecule has 88 valence electrons. The summed E-state index contributed by atoms with van der Waals surface area (Å²) >= 11 is 5.81. The van der Waals surface area contributed by atoms with Crippen LogP contribution < -0.4 is 0 Å². The van der Waals surface area contributed by atoms with E-state index < -0.39 is 11.5 Å². The van der Waals surface area contributed by atoms with Gasteiger partial charge < -0.3 is 5.11 Å². The second-order valence-corrected chi connectivity index (χ2v) is 5.08. The maximum atomic E-state index is 11.5. The number of aliphatic carboxylic acids is 1. The molecular weight excluding hydrogens is 228 g/mol. The van der Waals surface area contributed by atoms with E-state index in [-0.39, 0.29) is 0 Å². The molecule has 0 amide bonds. The van der Waals surface area contributed by atoms with Gasteiger partial charge in [-0.1, -0.05) is 31.4 Å². The number of carboxylic acids is 1. The number of aromatic nitrogens is 2. The lowest BCUT2D eigenvalue weighted by Crippen LogP contribution is -2.45. The average Bonchev–Trinajstić information content (AvgIpc) is 2.65. The summed E-state index contributed by atoms with van der Waals surface area (Å²) in [5.74, 6) is -0.397. The molecule has 0 aliphatic heterocycles. The van der Waals surface area contributed by atoms with Crippen LogP contribution in [-0.2, 0) is 10.3 Å². The molecule has 1 aliphatic rings. The third-order valence-electron chi connectivity index (χ3n) is 3.36. The first kappa shape index (κ1) is 11.5. The summed E-state index contributed by atoms with van der Waals surface area (Å²) in [6.45, 7) is 2.09. The molecule has 4 nitrogen and oxygen atoms in total. The number of rotatable bonds is 2. The Morgan fingerprint density at radius 3 is 3.00 bits per heavy atom. The van der Waals surface area contributed by atoms with Crippen molar-refractivity contribution in [2.75, 3.05) is 0 Å². The quantitative estimate of drug-likeness (QED) is 0.867. The SMILES string of the molecule is CC1CCCC(C(=O)O)(n2cc(Cl)cn2)C1. The summed E-state index contributed by atoms with van der Waals surface area (Å²) in [4.78, 5) is 11.5. The van der Waals surface area contributed by atoms with Gasteiger partial charge in [0.25, 0.3) is 0 Å². The van der Waals surface area contributed by atoms with Crippen molar-refractivity contribution in [3.63, 3.8) is 0 Å². The normalized spacial score (nSPS) is 30.2. The van der Waals surface area contributed by atoms with Crippen molar-refractivity contribution in [1.29, 1.82) is 0 Å². The number of nitrogens with zero attached hydrogens (tertiary/aromatic N) is 2. The number of hydrogen-bond donors (Lipinski definition) is 1. The van der Waals surface area contributed by atoms with Crippen molar-refractivity contribution < 1.29 is 9.90 Å². The molecule has 1 saturated carbocycles. The summed E-state index contributed by atoms with van der Waals surface area (Å²) in [6.07, 6.45) is 6.36. The fourth-order valence-electron chi connectivity index (χ4n) is 2.56. The summed E-state index contributed by atoms with van der Waals surface area (Å²) < 4.78 is 1.52. The molecule has 1 heterocycles. The molecule has 5 heteroatoms. The Kier molecular flexibility index (Phi) is 2.93. The molecule has 1 aliphatic carbocycles. The van der Waals surface area contributed by atoms with Crippen LogP contribution in [0.1, 0.15) is 32.6 Å². The Hall–Kier alpha value is -1.03. The van der Waals surface area contributed by atoms with E-state index in [4.69, 9.17) is 11.6 Å². The molecule has 2 rings (SSSR count). The molecule has 0 bridgehead atoms. The summed E-state index contributed by atoms with van der Waals surface area (Å²) in [6, 6.07) is 0. The van der Waals surface area contributed by atoms with Crippen molar-refractivity contribution in [2.45, 2.75) is 38.1 Å². The highest BCUT2D eigenvalue weighted by Crippen LogP contribution is 2.38. The second-order valence-electron chi connectivity index (χ2n) is 4.64. The van der Waals surface area contributed by atoms with Gasteiger partial charge in [-0.15, -0.1) is 0 Å². The van der Waals surface area contributed by atoms with E-state index in [1.165, 1.54) is 10.9 Å². The van der Waals surface area contributed by atoms with Crippen LogP contribution in [0.25, 0.3) is 0 Å². The van der Waals surface area contributed by atoms with E-state index in [0.29, 0.717) is 23.8 Å². The first-order valence-corrected chi connectivity index (χ1v) is 5.86. The van der Waals surface area contributed by atoms with E-state index in [2.05, 4.69) is 12.0 Å². The van der Waals surface area contributed by atoms with Crippen LogP contribution in [0.15, 0.2) is 12.4 Å². The van der Waals surface area contributed by atoms with Crippen molar-refractivity contribution in [1.82, 2.24) is 9.78 Å². The molecule has 2 unspecified atom stereocenters. The average molecular weight is 243 g/mol. The van der Waals surface area contributed by atoms with Crippen molar-refractivity contribution in [2.24, 2.45) is 5.92 Å². The van der Waals surface area contributed by atoms with Crippen molar-refractivity contribution >= 4 is 17.6 Å². The zero-order chi connectivity index (χ0) is 11.8. The van der Waals surface area contributed by atoms with Gasteiger partial charge in [0, 0.05) is 6.20 Å². The van der Waals surface area contributed by atoms with Gasteiger partial charge in [-0.05, 0) is 18.8 Å². The van der Waals surface area contributed by atoms with Gasteiger partial charge in [0.05, 0.1) is 11.2 Å². The predicted octanol–water partition coefficient (Wildman–Crippen LogP) is 2.53. The minimum Gasteiger partial charge on any atom is -0.479 e. The molecule has 0 radical (unpaired) electrons. The van der Waals surface area contributed by atoms with E-state index in [1.54, 1.807) is 6.20 Å². The summed E-state index contributed by atoms with van der Waals surface area (Å²) in [5, 5.41) is 14.0. The first-order chi connectivity index (χ1) is 7.54. The topological polar surface area (TPSA) is 55.1 Å². The van der Waals surface area contributed by atoms with Crippen LogP contribution in [0, 0.1) is 5.92 Å². The number of halogens is 1. The Bertz CT molecular complexity index is 404. The maximum Gasteiger partial charge on any atom is 0.331 e. The highest BCUT2D eigenvalue weighted by molar-refractivity contribution is 6.30. The van der Waals surface area contributed by atoms with Crippen LogP contribution in [0.2, 0.25) is 5.02 Å². The molecule has 16 heavy (non-hydrogen) atoms. The molecule has 0 aromatic carbocycles. The molecule has 1 aromatic heterocycles. The second kappa shape index (κ2) is 4.09. The number of hydrogen-bond acceptors (Lipinski definition) is 2. The number of carbonyl (C=O) groups is 1. The van der Waals surface area contributed by atoms with Gasteiger partial charge in [0.2, 0.25) is 0 Å². The highest BCUT2D eigenvalue weighted by atomic mass is 35.5. The summed E-state index contributed by atoms with van der Waals surface area (Å²) in [7, 11) is 0. The Labute approximate surface area is 99.2 Å². The lowest BCUT2D eigenvalue weighted by molar-refractivity contribution is -0.151. The van der Waals surface area contributed by atoms with Crippen LogP contribution in [0.5, 0.6) is 0 Å². The van der Waals surface area contributed by atoms with Gasteiger partial charge in [0.15, 0.2) is 5.54 Å². The van der Waals surface area contributed by atoms with Crippen molar-refractivity contribution in [3.8, 4) is 0 Å². The van der Waals surface area contributed by atoms with E-state index >= 15 is 0 Å². The van der Waals surface area contributed by atoms with Gasteiger partial charge in [0.1, 0.15) is 0 Å². The molecule has 1 aromatic rings. The highest BCUT2D eigenvalue weighted by Gasteiger charge is 2.44. The van der Waals surface area contributed by atoms with E-state index in [9.17, 15) is 9.90 Å². The molecule has 0 spiro atoms. The zero-order valence-electron chi connectivity index (χ0n) is 9.19. The lowest BCUT2D eigenvalue weighted by atomic mass is 9.76. The maximum absolute atomic E-state index is 11.5. The third kappa shape index (κ3) is 1.82. The molecular formula is C11H15ClN2O2. The third-order valence-corrected chi connectivity index (χ3v) is 3.56. The van der Waals surface area contributed by atoms with Gasteiger partial charge >= 0.3 is 5.97 Å². The van der Waals surface area contributed by atoms with Crippen LogP contribution in [0.3, 0.4) is 0 Å². The van der Waals surface area contributed by atoms with Crippen molar-refractivity contribution in [3.05, 3.63) is 17.4 Å². The smallest absolute Gasteiger partial charge is 0.331 e. The Balaban J connectivity index is 2.39. The number of carboxylic acid groups (broad SMARTS) is 1. The monoisotopic (exact) mass is 242 g/mol. The van der Waals surface area contributed by atoms with E-state index in [0.717, 1.165) is 12.8 Å². The van der Waals surface area contributed by atoms with Crippen LogP contribution in [0.4, 0.5) is 0 Å². The predicted molar refractivity (Wildman–Crippen MR) is 60.5 cm³/mol. The van der Waals surface area contributed by atoms with Gasteiger partial charge in [-0.25, -0.2) is 4.79 Å². The fourth-order valence-corrected chi connectivity index (χ4v) is 2.69. The Morgan fingerprint density at radius 2 is 2.50 bits per heavy atom. The molecule has 1 fully saturated rings. The van der Waals surface area contributed by atoms with Gasteiger partial charge in [-0.3, -0.25) is 4.68 Å². The largest absolute Gasteiger partial charge is 0.479 e. The summed E-state index contributed by atoms with van der Waals surface area (Å²) in [5.41, 5.74) is -0.898. The Morgan fingerprint density at radius 1 is 1.75 bits per heavy atom. The molecule has 0 saturated heterocycles. The fraction of sp³-hybridized carbons (Fsp3) is 0.636. The zero-order valence-corrected chi connectivity index (χ0v) is 9.94. The lowest BCUT2D eigenvalue weighted by Gasteiger charge is -2.36. The van der Waals surface area contributed by atoms with Crippen LogP contribution in [-0.4, -0.2) is 20.9 Å². The first-order valence-electron chi connectivity index (χ1n) is 5.49. The standard InChI is InChI=1S/C11H15ClN2O2/c1-8-3-2-4-11(5-8,10(15)16)14-7-9(12)6-13-14/h6-8H,2-5H2,1H3,(H,15,16). The molecule has 2 atom stereocenters.